The molecular weight excluding hydrogens is 267 g/mol. The van der Waals surface area contributed by atoms with Crippen molar-refractivity contribution < 1.29 is 9.18 Å². The van der Waals surface area contributed by atoms with E-state index in [1.807, 2.05) is 12.1 Å². The van der Waals surface area contributed by atoms with Crippen molar-refractivity contribution in [2.24, 2.45) is 0 Å². The van der Waals surface area contributed by atoms with Gasteiger partial charge in [-0.05, 0) is 43.0 Å². The van der Waals surface area contributed by atoms with Crippen LogP contribution in [0.15, 0.2) is 42.7 Å². The number of hydrogen-bond acceptors (Lipinski definition) is 2. The highest BCUT2D eigenvalue weighted by molar-refractivity contribution is 5.95. The van der Waals surface area contributed by atoms with E-state index in [4.69, 9.17) is 0 Å². The van der Waals surface area contributed by atoms with Crippen LogP contribution in [0.2, 0.25) is 0 Å². The fourth-order valence-corrected chi connectivity index (χ4v) is 2.41. The van der Waals surface area contributed by atoms with E-state index in [1.165, 1.54) is 0 Å². The van der Waals surface area contributed by atoms with Crippen molar-refractivity contribution in [2.45, 2.75) is 32.4 Å². The van der Waals surface area contributed by atoms with Crippen LogP contribution in [0.1, 0.15) is 34.3 Å². The Hall–Kier alpha value is -2.23. The van der Waals surface area contributed by atoms with Crippen molar-refractivity contribution in [1.29, 1.82) is 0 Å². The molecule has 0 spiro atoms. The van der Waals surface area contributed by atoms with E-state index in [-0.39, 0.29) is 17.5 Å². The molecule has 1 amide bonds. The number of aryl methyl sites for hydroxylation is 1. The SMILES string of the molecule is Cc1cccc(C(=O)N(Cc2cccnc2)C2CC2)c1F. The third kappa shape index (κ3) is 2.94. The lowest BCUT2D eigenvalue weighted by Crippen LogP contribution is -2.33. The normalized spacial score (nSPS) is 14.0. The second-order valence-corrected chi connectivity index (χ2v) is 5.46. The van der Waals surface area contributed by atoms with Crippen molar-refractivity contribution in [3.63, 3.8) is 0 Å². The molecule has 1 aliphatic rings. The molecule has 3 rings (SSSR count). The summed E-state index contributed by atoms with van der Waals surface area (Å²) < 4.78 is 14.2. The highest BCUT2D eigenvalue weighted by Gasteiger charge is 2.34. The number of carbonyl (C=O) groups is 1. The molecule has 1 heterocycles. The minimum Gasteiger partial charge on any atom is -0.331 e. The maximum absolute atomic E-state index is 14.2. The second-order valence-electron chi connectivity index (χ2n) is 5.46. The van der Waals surface area contributed by atoms with Crippen LogP contribution in [0, 0.1) is 12.7 Å². The van der Waals surface area contributed by atoms with Gasteiger partial charge in [-0.25, -0.2) is 4.39 Å². The summed E-state index contributed by atoms with van der Waals surface area (Å²) in [5.74, 6) is -0.651. The summed E-state index contributed by atoms with van der Waals surface area (Å²) >= 11 is 0. The van der Waals surface area contributed by atoms with Gasteiger partial charge in [-0.3, -0.25) is 9.78 Å². The molecule has 0 atom stereocenters. The summed E-state index contributed by atoms with van der Waals surface area (Å²) in [5.41, 5.74) is 1.62. The lowest BCUT2D eigenvalue weighted by atomic mass is 10.1. The first kappa shape index (κ1) is 13.7. The van der Waals surface area contributed by atoms with Gasteiger partial charge in [0.15, 0.2) is 0 Å². The van der Waals surface area contributed by atoms with Crippen LogP contribution < -0.4 is 0 Å². The van der Waals surface area contributed by atoms with Crippen molar-refractivity contribution >= 4 is 5.91 Å². The monoisotopic (exact) mass is 284 g/mol. The fraction of sp³-hybridized carbons (Fsp3) is 0.294. The van der Waals surface area contributed by atoms with Gasteiger partial charge in [0.05, 0.1) is 5.56 Å². The highest BCUT2D eigenvalue weighted by atomic mass is 19.1. The molecule has 1 aliphatic carbocycles. The van der Waals surface area contributed by atoms with Crippen LogP contribution in [0.5, 0.6) is 0 Å². The number of benzene rings is 1. The summed E-state index contributed by atoms with van der Waals surface area (Å²) in [7, 11) is 0. The summed E-state index contributed by atoms with van der Waals surface area (Å²) in [4.78, 5) is 18.5. The Morgan fingerprint density at radius 2 is 2.14 bits per heavy atom. The molecule has 108 valence electrons. The van der Waals surface area contributed by atoms with Crippen LogP contribution >= 0.6 is 0 Å². The number of halogens is 1. The molecule has 2 aromatic rings. The number of pyridine rings is 1. The second kappa shape index (κ2) is 5.64. The predicted octanol–water partition coefficient (Wildman–Crippen LogP) is 3.33. The van der Waals surface area contributed by atoms with Crippen LogP contribution in [-0.2, 0) is 6.54 Å². The first-order valence-electron chi connectivity index (χ1n) is 7.12. The Morgan fingerprint density at radius 1 is 1.33 bits per heavy atom. The molecule has 0 aliphatic heterocycles. The average Bonchev–Trinajstić information content (AvgIpc) is 3.33. The van der Waals surface area contributed by atoms with E-state index in [0.29, 0.717) is 12.1 Å². The van der Waals surface area contributed by atoms with E-state index >= 15 is 0 Å². The van der Waals surface area contributed by atoms with Crippen LogP contribution in [-0.4, -0.2) is 21.8 Å². The van der Waals surface area contributed by atoms with Gasteiger partial charge in [0.1, 0.15) is 5.82 Å². The molecule has 1 fully saturated rings. The number of aromatic nitrogens is 1. The molecule has 1 aromatic carbocycles. The lowest BCUT2D eigenvalue weighted by Gasteiger charge is -2.23. The molecule has 0 N–H and O–H groups in total. The van der Waals surface area contributed by atoms with Crippen molar-refractivity contribution in [2.75, 3.05) is 0 Å². The zero-order valence-electron chi connectivity index (χ0n) is 11.9. The van der Waals surface area contributed by atoms with Crippen molar-refractivity contribution in [3.05, 3.63) is 65.2 Å². The number of carbonyl (C=O) groups excluding carboxylic acids is 1. The fourth-order valence-electron chi connectivity index (χ4n) is 2.41. The zero-order chi connectivity index (χ0) is 14.8. The molecule has 0 unspecified atom stereocenters. The summed E-state index contributed by atoms with van der Waals surface area (Å²) in [6.07, 6.45) is 5.42. The Balaban J connectivity index is 1.87. The first-order chi connectivity index (χ1) is 10.2. The smallest absolute Gasteiger partial charge is 0.257 e. The summed E-state index contributed by atoms with van der Waals surface area (Å²) in [6.45, 7) is 2.15. The standard InChI is InChI=1S/C17H17FN2O/c1-12-4-2-6-15(16(12)18)17(21)20(14-7-8-14)11-13-5-3-9-19-10-13/h2-6,9-10,14H,7-8,11H2,1H3. The molecule has 21 heavy (non-hydrogen) atoms. The minimum atomic E-state index is -0.417. The number of rotatable bonds is 4. The number of hydrogen-bond donors (Lipinski definition) is 0. The quantitative estimate of drug-likeness (QED) is 0.862. The van der Waals surface area contributed by atoms with Crippen LogP contribution in [0.4, 0.5) is 4.39 Å². The summed E-state index contributed by atoms with van der Waals surface area (Å²) in [6, 6.07) is 8.96. The average molecular weight is 284 g/mol. The maximum atomic E-state index is 14.2. The number of nitrogens with zero attached hydrogens (tertiary/aromatic N) is 2. The molecule has 1 saturated carbocycles. The third-order valence-electron chi connectivity index (χ3n) is 3.75. The van der Waals surface area contributed by atoms with Crippen LogP contribution in [0.3, 0.4) is 0 Å². The van der Waals surface area contributed by atoms with Crippen molar-refractivity contribution in [1.82, 2.24) is 9.88 Å². The van der Waals surface area contributed by atoms with Gasteiger partial charge in [-0.15, -0.1) is 0 Å². The molecule has 0 bridgehead atoms. The van der Waals surface area contributed by atoms with Gasteiger partial charge >= 0.3 is 0 Å². The first-order valence-corrected chi connectivity index (χ1v) is 7.12. The van der Waals surface area contributed by atoms with Crippen molar-refractivity contribution in [3.8, 4) is 0 Å². The maximum Gasteiger partial charge on any atom is 0.257 e. The molecule has 3 nitrogen and oxygen atoms in total. The van der Waals surface area contributed by atoms with Gasteiger partial charge in [0, 0.05) is 25.0 Å². The van der Waals surface area contributed by atoms with Gasteiger partial charge < -0.3 is 4.90 Å². The van der Waals surface area contributed by atoms with Gasteiger partial charge in [0.25, 0.3) is 5.91 Å². The Labute approximate surface area is 123 Å². The molecular formula is C17H17FN2O. The van der Waals surface area contributed by atoms with Gasteiger partial charge in [0.2, 0.25) is 0 Å². The largest absolute Gasteiger partial charge is 0.331 e. The Bertz CT molecular complexity index is 653. The molecule has 0 saturated heterocycles. The Morgan fingerprint density at radius 3 is 2.81 bits per heavy atom. The van der Waals surface area contributed by atoms with E-state index in [9.17, 15) is 9.18 Å². The minimum absolute atomic E-state index is 0.158. The topological polar surface area (TPSA) is 33.2 Å². The molecule has 1 aromatic heterocycles. The zero-order valence-corrected chi connectivity index (χ0v) is 11.9. The Kier molecular flexibility index (Phi) is 3.69. The predicted molar refractivity (Wildman–Crippen MR) is 78.3 cm³/mol. The molecule has 0 radical (unpaired) electrons. The van der Waals surface area contributed by atoms with Crippen LogP contribution in [0.25, 0.3) is 0 Å². The molecule has 4 heteroatoms. The lowest BCUT2D eigenvalue weighted by molar-refractivity contribution is 0.0725. The van der Waals surface area contributed by atoms with E-state index in [1.54, 1.807) is 42.4 Å². The van der Waals surface area contributed by atoms with E-state index in [2.05, 4.69) is 4.98 Å². The number of amides is 1. The van der Waals surface area contributed by atoms with E-state index in [0.717, 1.165) is 18.4 Å². The highest BCUT2D eigenvalue weighted by Crippen LogP contribution is 2.30. The summed E-state index contributed by atoms with van der Waals surface area (Å²) in [5, 5.41) is 0. The van der Waals surface area contributed by atoms with Gasteiger partial charge in [-0.2, -0.15) is 0 Å². The van der Waals surface area contributed by atoms with E-state index < -0.39 is 5.82 Å². The third-order valence-corrected chi connectivity index (χ3v) is 3.75. The van der Waals surface area contributed by atoms with Gasteiger partial charge in [-0.1, -0.05) is 18.2 Å².